The average molecular weight is 422 g/mol. The number of hydrogen-bond donors (Lipinski definition) is 0. The first-order chi connectivity index (χ1) is 15.2. The van der Waals surface area contributed by atoms with Gasteiger partial charge < -0.3 is 14.0 Å². The third kappa shape index (κ3) is 7.51. The van der Waals surface area contributed by atoms with Crippen molar-refractivity contribution in [3.8, 4) is 5.75 Å². The second-order valence-electron chi connectivity index (χ2n) is 8.47. The number of rotatable bonds is 11. The molecular weight excluding hydrogens is 387 g/mol. The van der Waals surface area contributed by atoms with E-state index in [1.54, 1.807) is 12.1 Å². The number of aryl methyl sites for hydroxylation is 1. The molecule has 1 aliphatic heterocycles. The van der Waals surface area contributed by atoms with Crippen LogP contribution in [0.2, 0.25) is 0 Å². The van der Waals surface area contributed by atoms with Gasteiger partial charge in [0.05, 0.1) is 5.56 Å². The minimum Gasteiger partial charge on any atom is -0.423 e. The van der Waals surface area contributed by atoms with Crippen LogP contribution in [0.15, 0.2) is 48.5 Å². The molecule has 0 aromatic heterocycles. The highest BCUT2D eigenvalue weighted by Crippen LogP contribution is 2.17. The van der Waals surface area contributed by atoms with Gasteiger partial charge in [0.2, 0.25) is 0 Å². The van der Waals surface area contributed by atoms with Crippen molar-refractivity contribution in [2.24, 2.45) is 5.92 Å². The summed E-state index contributed by atoms with van der Waals surface area (Å²) in [6, 6.07) is 15.2. The van der Waals surface area contributed by atoms with E-state index < -0.39 is 0 Å². The van der Waals surface area contributed by atoms with Crippen LogP contribution in [0.1, 0.15) is 74.7 Å². The standard InChI is InChI=1S/C26H35BO4/c1-3-5-6-7-8-10-21-11-17-25(18-12-21)31-26(28)23-13-15-24(16-14-23)27-29-19-22(9-4-2)20-30-27/h11-18,22H,3-10,19-20H2,1-2H3. The molecule has 0 spiro atoms. The van der Waals surface area contributed by atoms with Crippen LogP contribution in [0, 0.1) is 5.92 Å². The van der Waals surface area contributed by atoms with E-state index in [4.69, 9.17) is 14.0 Å². The summed E-state index contributed by atoms with van der Waals surface area (Å²) in [5.41, 5.74) is 2.73. The van der Waals surface area contributed by atoms with Crippen molar-refractivity contribution in [3.63, 3.8) is 0 Å². The molecule has 2 aromatic carbocycles. The van der Waals surface area contributed by atoms with E-state index in [1.807, 2.05) is 24.3 Å². The Labute approximate surface area is 187 Å². The molecule has 1 heterocycles. The van der Waals surface area contributed by atoms with Crippen molar-refractivity contribution >= 4 is 18.6 Å². The minimum atomic E-state index is -0.354. The van der Waals surface area contributed by atoms with Crippen LogP contribution >= 0.6 is 0 Å². The summed E-state index contributed by atoms with van der Waals surface area (Å²) < 4.78 is 17.2. The van der Waals surface area contributed by atoms with Gasteiger partial charge in [0, 0.05) is 19.1 Å². The Bertz CT molecular complexity index is 780. The summed E-state index contributed by atoms with van der Waals surface area (Å²) in [5, 5.41) is 0. The fourth-order valence-corrected chi connectivity index (χ4v) is 3.91. The summed E-state index contributed by atoms with van der Waals surface area (Å²) in [4.78, 5) is 12.5. The number of ether oxygens (including phenoxy) is 1. The highest BCUT2D eigenvalue weighted by atomic mass is 16.6. The fraction of sp³-hybridized carbons (Fsp3) is 0.500. The lowest BCUT2D eigenvalue weighted by atomic mass is 9.77. The van der Waals surface area contributed by atoms with E-state index in [1.165, 1.54) is 37.7 Å². The SMILES string of the molecule is CCCCCCCc1ccc(OC(=O)c2ccc(B3OCC(CCC)CO3)cc2)cc1. The van der Waals surface area contributed by atoms with Crippen LogP contribution in [-0.2, 0) is 15.7 Å². The Morgan fingerprint density at radius 1 is 0.903 bits per heavy atom. The molecule has 0 bridgehead atoms. The zero-order valence-electron chi connectivity index (χ0n) is 19.0. The zero-order valence-corrected chi connectivity index (χ0v) is 19.0. The predicted molar refractivity (Wildman–Crippen MR) is 126 cm³/mol. The number of unbranched alkanes of at least 4 members (excludes halogenated alkanes) is 4. The van der Waals surface area contributed by atoms with E-state index in [-0.39, 0.29) is 13.1 Å². The quantitative estimate of drug-likeness (QED) is 0.205. The molecule has 0 atom stereocenters. The third-order valence-corrected chi connectivity index (χ3v) is 5.78. The second kappa shape index (κ2) is 12.7. The molecule has 31 heavy (non-hydrogen) atoms. The van der Waals surface area contributed by atoms with Crippen LogP contribution in [0.5, 0.6) is 5.75 Å². The monoisotopic (exact) mass is 422 g/mol. The number of carbonyl (C=O) groups excluding carboxylic acids is 1. The molecule has 2 aromatic rings. The molecule has 1 fully saturated rings. The normalized spacial score (nSPS) is 14.6. The van der Waals surface area contributed by atoms with Gasteiger partial charge in [-0.1, -0.05) is 70.2 Å². The number of esters is 1. The maximum atomic E-state index is 12.5. The number of hydrogen-bond acceptors (Lipinski definition) is 4. The lowest BCUT2D eigenvalue weighted by molar-refractivity contribution is 0.0734. The lowest BCUT2D eigenvalue weighted by Gasteiger charge is -2.27. The van der Waals surface area contributed by atoms with E-state index in [2.05, 4.69) is 26.0 Å². The molecule has 3 rings (SSSR count). The van der Waals surface area contributed by atoms with Crippen molar-refractivity contribution in [1.82, 2.24) is 0 Å². The summed E-state index contributed by atoms with van der Waals surface area (Å²) in [7, 11) is -0.354. The van der Waals surface area contributed by atoms with Gasteiger partial charge in [-0.05, 0) is 54.6 Å². The summed E-state index contributed by atoms with van der Waals surface area (Å²) >= 11 is 0. The van der Waals surface area contributed by atoms with Crippen molar-refractivity contribution < 1.29 is 18.8 Å². The number of carbonyl (C=O) groups is 1. The van der Waals surface area contributed by atoms with E-state index in [9.17, 15) is 4.79 Å². The first kappa shape index (κ1) is 23.6. The molecule has 0 N–H and O–H groups in total. The van der Waals surface area contributed by atoms with Gasteiger partial charge in [-0.25, -0.2) is 4.79 Å². The average Bonchev–Trinajstić information content (AvgIpc) is 2.81. The van der Waals surface area contributed by atoms with Crippen LogP contribution in [0.25, 0.3) is 0 Å². The van der Waals surface area contributed by atoms with Crippen molar-refractivity contribution in [2.45, 2.75) is 65.2 Å². The van der Waals surface area contributed by atoms with Crippen LogP contribution in [0.3, 0.4) is 0 Å². The Balaban J connectivity index is 1.46. The Hall–Kier alpha value is -2.11. The third-order valence-electron chi connectivity index (χ3n) is 5.78. The maximum absolute atomic E-state index is 12.5. The summed E-state index contributed by atoms with van der Waals surface area (Å²) in [5.74, 6) is 0.694. The zero-order chi connectivity index (χ0) is 21.9. The molecule has 5 heteroatoms. The van der Waals surface area contributed by atoms with E-state index >= 15 is 0 Å². The van der Waals surface area contributed by atoms with E-state index in [0.29, 0.717) is 17.2 Å². The largest absolute Gasteiger partial charge is 0.493 e. The van der Waals surface area contributed by atoms with Crippen LogP contribution < -0.4 is 10.2 Å². The first-order valence-electron chi connectivity index (χ1n) is 11.8. The van der Waals surface area contributed by atoms with Gasteiger partial charge >= 0.3 is 13.1 Å². The van der Waals surface area contributed by atoms with Gasteiger partial charge in [-0.15, -0.1) is 0 Å². The molecule has 0 radical (unpaired) electrons. The van der Waals surface area contributed by atoms with E-state index in [0.717, 1.165) is 37.9 Å². The Morgan fingerprint density at radius 3 is 2.23 bits per heavy atom. The first-order valence-corrected chi connectivity index (χ1v) is 11.8. The smallest absolute Gasteiger partial charge is 0.423 e. The number of benzene rings is 2. The minimum absolute atomic E-state index is 0.354. The highest BCUT2D eigenvalue weighted by molar-refractivity contribution is 6.61. The Kier molecular flexibility index (Phi) is 9.63. The van der Waals surface area contributed by atoms with Crippen molar-refractivity contribution in [1.29, 1.82) is 0 Å². The molecule has 0 aliphatic carbocycles. The maximum Gasteiger partial charge on any atom is 0.493 e. The van der Waals surface area contributed by atoms with Gasteiger partial charge in [0.1, 0.15) is 5.75 Å². The van der Waals surface area contributed by atoms with Gasteiger partial charge in [0.15, 0.2) is 0 Å². The Morgan fingerprint density at radius 2 is 1.58 bits per heavy atom. The second-order valence-corrected chi connectivity index (χ2v) is 8.47. The van der Waals surface area contributed by atoms with Gasteiger partial charge in [-0.2, -0.15) is 0 Å². The molecule has 1 saturated heterocycles. The molecule has 1 aliphatic rings. The van der Waals surface area contributed by atoms with Gasteiger partial charge in [-0.3, -0.25) is 0 Å². The fourth-order valence-electron chi connectivity index (χ4n) is 3.91. The summed E-state index contributed by atoms with van der Waals surface area (Å²) in [6.45, 7) is 5.85. The topological polar surface area (TPSA) is 44.8 Å². The molecular formula is C26H35BO4. The molecule has 166 valence electrons. The predicted octanol–water partition coefficient (Wildman–Crippen LogP) is 5.58. The van der Waals surface area contributed by atoms with Gasteiger partial charge in [0.25, 0.3) is 0 Å². The lowest BCUT2D eigenvalue weighted by Crippen LogP contribution is -2.44. The molecule has 0 saturated carbocycles. The molecule has 0 unspecified atom stereocenters. The van der Waals surface area contributed by atoms with Crippen molar-refractivity contribution in [3.05, 3.63) is 59.7 Å². The van der Waals surface area contributed by atoms with Crippen molar-refractivity contribution in [2.75, 3.05) is 13.2 Å². The highest BCUT2D eigenvalue weighted by Gasteiger charge is 2.28. The molecule has 4 nitrogen and oxygen atoms in total. The molecule has 0 amide bonds. The van der Waals surface area contributed by atoms with Crippen LogP contribution in [-0.4, -0.2) is 26.3 Å². The summed E-state index contributed by atoms with van der Waals surface area (Å²) in [6.07, 6.45) is 9.71. The van der Waals surface area contributed by atoms with Crippen LogP contribution in [0.4, 0.5) is 0 Å².